The second-order valence-corrected chi connectivity index (χ2v) is 8.75. The van der Waals surface area contributed by atoms with Crippen LogP contribution in [0.2, 0.25) is 0 Å². The number of aromatic nitrogens is 2. The van der Waals surface area contributed by atoms with E-state index in [0.717, 1.165) is 18.5 Å². The fraction of sp³-hybridized carbons (Fsp3) is 0.182. The molecule has 3 aromatic rings. The smallest absolute Gasteiger partial charge is 0.283 e. The minimum absolute atomic E-state index is 0.0776. The molecule has 1 amide bonds. The van der Waals surface area contributed by atoms with Crippen molar-refractivity contribution in [2.75, 3.05) is 18.9 Å². The van der Waals surface area contributed by atoms with Gasteiger partial charge in [0.1, 0.15) is 5.84 Å². The number of benzene rings is 2. The van der Waals surface area contributed by atoms with Crippen molar-refractivity contribution in [1.82, 2.24) is 14.9 Å². The van der Waals surface area contributed by atoms with E-state index in [1.165, 1.54) is 36.7 Å². The molecule has 0 radical (unpaired) electrons. The minimum atomic E-state index is -3.79. The Balaban J connectivity index is 1.45. The maximum absolute atomic E-state index is 12.5. The molecule has 1 aliphatic rings. The molecule has 1 N–H and O–H groups in total. The number of carbonyl (C=O) groups is 1. The van der Waals surface area contributed by atoms with Gasteiger partial charge in [-0.15, -0.1) is 4.40 Å². The number of nitrogens with zero attached hydrogens (tertiary/aromatic N) is 4. The second kappa shape index (κ2) is 8.65. The van der Waals surface area contributed by atoms with Crippen molar-refractivity contribution in [2.45, 2.75) is 17.7 Å². The topological polar surface area (TPSA) is 105 Å². The Morgan fingerprint density at radius 2 is 1.71 bits per heavy atom. The third-order valence-electron chi connectivity index (χ3n) is 4.92. The molecule has 0 unspecified atom stereocenters. The first kappa shape index (κ1) is 20.7. The molecule has 2 heterocycles. The van der Waals surface area contributed by atoms with Gasteiger partial charge in [0.2, 0.25) is 0 Å². The molecule has 0 bridgehead atoms. The van der Waals surface area contributed by atoms with E-state index in [4.69, 9.17) is 0 Å². The molecule has 0 aliphatic carbocycles. The van der Waals surface area contributed by atoms with Crippen molar-refractivity contribution < 1.29 is 13.2 Å². The summed E-state index contributed by atoms with van der Waals surface area (Å²) in [7, 11) is -1.96. The van der Waals surface area contributed by atoms with Crippen molar-refractivity contribution >= 4 is 27.5 Å². The highest BCUT2D eigenvalue weighted by atomic mass is 32.2. The highest BCUT2D eigenvalue weighted by molar-refractivity contribution is 7.90. The molecular formula is C22H21N5O3S. The zero-order valence-electron chi connectivity index (χ0n) is 16.9. The third-order valence-corrected chi connectivity index (χ3v) is 6.24. The molecular weight excluding hydrogens is 414 g/mol. The normalized spacial score (nSPS) is 15.3. The molecule has 1 aliphatic heterocycles. The van der Waals surface area contributed by atoms with Crippen molar-refractivity contribution in [3.8, 4) is 11.4 Å². The first-order valence-corrected chi connectivity index (χ1v) is 11.2. The van der Waals surface area contributed by atoms with E-state index in [0.29, 0.717) is 29.3 Å². The highest BCUT2D eigenvalue weighted by Gasteiger charge is 2.20. The summed E-state index contributed by atoms with van der Waals surface area (Å²) in [6.07, 6.45) is 4.45. The lowest BCUT2D eigenvalue weighted by molar-refractivity contribution is 0.102. The number of likely N-dealkylation sites (tertiary alicyclic amines) is 1. The summed E-state index contributed by atoms with van der Waals surface area (Å²) in [5.41, 5.74) is 1.62. The van der Waals surface area contributed by atoms with Gasteiger partial charge in [0.25, 0.3) is 15.9 Å². The van der Waals surface area contributed by atoms with Crippen molar-refractivity contribution in [2.24, 2.45) is 4.40 Å². The Kier molecular flexibility index (Phi) is 5.77. The maximum atomic E-state index is 12.5. The minimum Gasteiger partial charge on any atom is -0.362 e. The summed E-state index contributed by atoms with van der Waals surface area (Å²) < 4.78 is 29.0. The average Bonchev–Trinajstić information content (AvgIpc) is 3.18. The molecule has 9 heteroatoms. The predicted molar refractivity (Wildman–Crippen MR) is 118 cm³/mol. The summed E-state index contributed by atoms with van der Waals surface area (Å²) >= 11 is 0. The van der Waals surface area contributed by atoms with Gasteiger partial charge in [0, 0.05) is 43.7 Å². The maximum Gasteiger partial charge on any atom is 0.283 e. The molecule has 0 spiro atoms. The number of carbonyl (C=O) groups excluding carboxylic acids is 1. The van der Waals surface area contributed by atoms with Crippen LogP contribution in [-0.4, -0.2) is 48.6 Å². The monoisotopic (exact) mass is 435 g/mol. The number of anilines is 1. The van der Waals surface area contributed by atoms with Gasteiger partial charge in [0.15, 0.2) is 5.82 Å². The van der Waals surface area contributed by atoms with Gasteiger partial charge in [-0.3, -0.25) is 4.79 Å². The summed E-state index contributed by atoms with van der Waals surface area (Å²) in [6, 6.07) is 15.4. The molecule has 0 saturated carbocycles. The fourth-order valence-electron chi connectivity index (χ4n) is 3.20. The third kappa shape index (κ3) is 4.77. The zero-order chi connectivity index (χ0) is 21.8. The standard InChI is InChI=1S/C22H21N5O3S/c1-27-13-5-8-20(27)26-31(29,30)19-11-9-18(10-12-19)25-22(28)17-14-23-21(24-15-17)16-6-3-2-4-7-16/h2-4,6-7,9-12,14-15H,5,8,13H2,1H3,(H,25,28)/b26-20+. The van der Waals surface area contributed by atoms with Gasteiger partial charge >= 0.3 is 0 Å². The first-order valence-electron chi connectivity index (χ1n) is 9.76. The first-order chi connectivity index (χ1) is 14.9. The van der Waals surface area contributed by atoms with E-state index in [1.54, 1.807) is 0 Å². The van der Waals surface area contributed by atoms with E-state index >= 15 is 0 Å². The Hall–Kier alpha value is -3.59. The van der Waals surface area contributed by atoms with Crippen molar-refractivity contribution in [1.29, 1.82) is 0 Å². The SMILES string of the molecule is CN1CCC/C1=N\S(=O)(=O)c1ccc(NC(=O)c2cnc(-c3ccccc3)nc2)cc1. The Morgan fingerprint density at radius 1 is 1.03 bits per heavy atom. The van der Waals surface area contributed by atoms with Crippen molar-refractivity contribution in [3.63, 3.8) is 0 Å². The Morgan fingerprint density at radius 3 is 2.32 bits per heavy atom. The number of rotatable bonds is 5. The lowest BCUT2D eigenvalue weighted by Crippen LogP contribution is -2.20. The molecule has 0 atom stereocenters. The van der Waals surface area contributed by atoms with E-state index < -0.39 is 10.0 Å². The van der Waals surface area contributed by atoms with Crippen LogP contribution in [0.3, 0.4) is 0 Å². The van der Waals surface area contributed by atoms with Gasteiger partial charge in [-0.1, -0.05) is 30.3 Å². The average molecular weight is 436 g/mol. The van der Waals surface area contributed by atoms with Crippen LogP contribution in [0.25, 0.3) is 11.4 Å². The van der Waals surface area contributed by atoms with Crippen LogP contribution in [0.1, 0.15) is 23.2 Å². The quantitative estimate of drug-likeness (QED) is 0.660. The Bertz CT molecular complexity index is 1210. The summed E-state index contributed by atoms with van der Waals surface area (Å²) in [6.45, 7) is 0.801. The van der Waals surface area contributed by atoms with Gasteiger partial charge in [0.05, 0.1) is 10.5 Å². The summed E-state index contributed by atoms with van der Waals surface area (Å²) in [5.74, 6) is 0.709. The molecule has 4 rings (SSSR count). The molecule has 158 valence electrons. The molecule has 2 aromatic carbocycles. The van der Waals surface area contributed by atoms with Crippen LogP contribution < -0.4 is 5.32 Å². The zero-order valence-corrected chi connectivity index (χ0v) is 17.7. The molecule has 1 fully saturated rings. The molecule has 1 aromatic heterocycles. The number of hydrogen-bond donors (Lipinski definition) is 1. The highest BCUT2D eigenvalue weighted by Crippen LogP contribution is 2.20. The van der Waals surface area contributed by atoms with Crippen LogP contribution in [-0.2, 0) is 10.0 Å². The fourth-order valence-corrected chi connectivity index (χ4v) is 4.29. The number of amides is 1. The largest absolute Gasteiger partial charge is 0.362 e. The van der Waals surface area contributed by atoms with Crippen molar-refractivity contribution in [3.05, 3.63) is 72.6 Å². The summed E-state index contributed by atoms with van der Waals surface area (Å²) in [5, 5.41) is 2.72. The van der Waals surface area contributed by atoms with Gasteiger partial charge < -0.3 is 10.2 Å². The molecule has 1 saturated heterocycles. The van der Waals surface area contributed by atoms with Crippen LogP contribution in [0.15, 0.2) is 76.3 Å². The van der Waals surface area contributed by atoms with Gasteiger partial charge in [-0.25, -0.2) is 9.97 Å². The Labute approximate surface area is 180 Å². The lowest BCUT2D eigenvalue weighted by Gasteiger charge is -2.11. The number of nitrogens with one attached hydrogen (secondary N) is 1. The van der Waals surface area contributed by atoms with Gasteiger partial charge in [-0.05, 0) is 30.7 Å². The van der Waals surface area contributed by atoms with E-state index in [9.17, 15) is 13.2 Å². The van der Waals surface area contributed by atoms with Crippen LogP contribution >= 0.6 is 0 Å². The lowest BCUT2D eigenvalue weighted by atomic mass is 10.2. The van der Waals surface area contributed by atoms with E-state index in [2.05, 4.69) is 19.7 Å². The van der Waals surface area contributed by atoms with Crippen LogP contribution in [0.5, 0.6) is 0 Å². The molecule has 31 heavy (non-hydrogen) atoms. The molecule has 8 nitrogen and oxygen atoms in total. The number of sulfonamides is 1. The predicted octanol–water partition coefficient (Wildman–Crippen LogP) is 3.21. The number of amidine groups is 1. The van der Waals surface area contributed by atoms with E-state index in [-0.39, 0.29) is 10.8 Å². The second-order valence-electron chi connectivity index (χ2n) is 7.15. The van der Waals surface area contributed by atoms with E-state index in [1.807, 2.05) is 42.3 Å². The number of hydrogen-bond acceptors (Lipinski definition) is 5. The van der Waals surface area contributed by atoms with Crippen LogP contribution in [0, 0.1) is 0 Å². The van der Waals surface area contributed by atoms with Gasteiger partial charge in [-0.2, -0.15) is 8.42 Å². The van der Waals surface area contributed by atoms with Crippen LogP contribution in [0.4, 0.5) is 5.69 Å². The summed E-state index contributed by atoms with van der Waals surface area (Å²) in [4.78, 5) is 22.9.